The number of hydrogen-bond acceptors (Lipinski definition) is 3. The average molecular weight is 382 g/mol. The summed E-state index contributed by atoms with van der Waals surface area (Å²) in [6.07, 6.45) is 2.34. The first-order valence-corrected chi connectivity index (χ1v) is 10.0. The van der Waals surface area contributed by atoms with Gasteiger partial charge in [0, 0.05) is 24.1 Å². The summed E-state index contributed by atoms with van der Waals surface area (Å²) in [5, 5.41) is 3.06. The van der Waals surface area contributed by atoms with E-state index in [1.807, 2.05) is 24.3 Å². The van der Waals surface area contributed by atoms with Gasteiger partial charge in [-0.25, -0.2) is 0 Å². The minimum atomic E-state index is -0.197. The molecule has 0 radical (unpaired) electrons. The SMILES string of the molecule is COc1ccc(NC(=O)CC2(c3ccc(C)cc3)CCOC(C(C)C)C2)cc1. The van der Waals surface area contributed by atoms with Gasteiger partial charge in [-0.3, -0.25) is 4.79 Å². The molecule has 3 rings (SSSR count). The molecule has 4 nitrogen and oxygen atoms in total. The lowest BCUT2D eigenvalue weighted by molar-refractivity contribution is -0.119. The topological polar surface area (TPSA) is 47.6 Å². The van der Waals surface area contributed by atoms with Crippen molar-refractivity contribution >= 4 is 11.6 Å². The third-order valence-corrected chi connectivity index (χ3v) is 5.78. The number of nitrogens with one attached hydrogen (secondary N) is 1. The summed E-state index contributed by atoms with van der Waals surface area (Å²) in [4.78, 5) is 13.0. The summed E-state index contributed by atoms with van der Waals surface area (Å²) in [7, 11) is 1.63. The van der Waals surface area contributed by atoms with Gasteiger partial charge in [0.2, 0.25) is 5.91 Å². The smallest absolute Gasteiger partial charge is 0.225 e. The van der Waals surface area contributed by atoms with E-state index < -0.39 is 0 Å². The van der Waals surface area contributed by atoms with E-state index in [2.05, 4.69) is 50.4 Å². The number of anilines is 1. The van der Waals surface area contributed by atoms with E-state index in [1.165, 1.54) is 11.1 Å². The first-order valence-electron chi connectivity index (χ1n) is 10.0. The summed E-state index contributed by atoms with van der Waals surface area (Å²) < 4.78 is 11.2. The lowest BCUT2D eigenvalue weighted by atomic mass is 9.68. The first-order chi connectivity index (χ1) is 13.4. The van der Waals surface area contributed by atoms with Crippen LogP contribution < -0.4 is 10.1 Å². The fourth-order valence-electron chi connectivity index (χ4n) is 4.00. The summed E-state index contributed by atoms with van der Waals surface area (Å²) in [6.45, 7) is 7.15. The minimum absolute atomic E-state index is 0.0372. The summed E-state index contributed by atoms with van der Waals surface area (Å²) in [5.41, 5.74) is 3.06. The van der Waals surface area contributed by atoms with Gasteiger partial charge in [0.05, 0.1) is 13.2 Å². The Morgan fingerprint density at radius 1 is 1.18 bits per heavy atom. The molecule has 1 aliphatic heterocycles. The van der Waals surface area contributed by atoms with Gasteiger partial charge in [-0.2, -0.15) is 0 Å². The highest BCUT2D eigenvalue weighted by Crippen LogP contribution is 2.42. The Labute approximate surface area is 168 Å². The Balaban J connectivity index is 1.82. The molecule has 2 unspecified atom stereocenters. The van der Waals surface area contributed by atoms with Crippen molar-refractivity contribution in [3.05, 3.63) is 59.7 Å². The van der Waals surface area contributed by atoms with Gasteiger partial charge in [0.1, 0.15) is 5.75 Å². The van der Waals surface area contributed by atoms with Crippen LogP contribution in [0.3, 0.4) is 0 Å². The van der Waals surface area contributed by atoms with E-state index in [1.54, 1.807) is 7.11 Å². The standard InChI is InChI=1S/C24H31NO3/c1-17(2)22-15-24(13-14-28-22,19-7-5-18(3)6-8-19)16-23(26)25-20-9-11-21(27-4)12-10-20/h5-12,17,22H,13-16H2,1-4H3,(H,25,26). The Hall–Kier alpha value is -2.33. The molecule has 0 spiro atoms. The van der Waals surface area contributed by atoms with E-state index in [4.69, 9.17) is 9.47 Å². The maximum absolute atomic E-state index is 13.0. The summed E-state index contributed by atoms with van der Waals surface area (Å²) in [6, 6.07) is 16.1. The second kappa shape index (κ2) is 8.78. The number of carbonyl (C=O) groups is 1. The van der Waals surface area contributed by atoms with E-state index in [0.29, 0.717) is 18.9 Å². The van der Waals surface area contributed by atoms with Crippen LogP contribution in [-0.4, -0.2) is 25.7 Å². The number of ether oxygens (including phenoxy) is 2. The third-order valence-electron chi connectivity index (χ3n) is 5.78. The monoisotopic (exact) mass is 381 g/mol. The lowest BCUT2D eigenvalue weighted by Crippen LogP contribution is -2.43. The third kappa shape index (κ3) is 4.74. The second-order valence-corrected chi connectivity index (χ2v) is 8.21. The van der Waals surface area contributed by atoms with Crippen LogP contribution in [0.4, 0.5) is 5.69 Å². The number of amides is 1. The van der Waals surface area contributed by atoms with Gasteiger partial charge in [-0.1, -0.05) is 43.7 Å². The molecule has 0 saturated carbocycles. The molecule has 1 amide bonds. The maximum Gasteiger partial charge on any atom is 0.225 e. The van der Waals surface area contributed by atoms with Crippen LogP contribution in [0.1, 0.15) is 44.2 Å². The molecule has 2 aromatic carbocycles. The van der Waals surface area contributed by atoms with E-state index in [9.17, 15) is 4.79 Å². The van der Waals surface area contributed by atoms with Crippen LogP contribution in [0.15, 0.2) is 48.5 Å². The number of carbonyl (C=O) groups excluding carboxylic acids is 1. The molecule has 0 aromatic heterocycles. The van der Waals surface area contributed by atoms with Gasteiger partial charge >= 0.3 is 0 Å². The van der Waals surface area contributed by atoms with Gasteiger partial charge in [-0.05, 0) is 55.5 Å². The molecule has 1 N–H and O–H groups in total. The molecular weight excluding hydrogens is 350 g/mol. The Bertz CT molecular complexity index is 783. The van der Waals surface area contributed by atoms with Crippen LogP contribution in [0.25, 0.3) is 0 Å². The highest BCUT2D eigenvalue weighted by atomic mass is 16.5. The van der Waals surface area contributed by atoms with Gasteiger partial charge in [0.15, 0.2) is 0 Å². The number of rotatable bonds is 6. The van der Waals surface area contributed by atoms with E-state index >= 15 is 0 Å². The highest BCUT2D eigenvalue weighted by Gasteiger charge is 2.41. The predicted molar refractivity (Wildman–Crippen MR) is 113 cm³/mol. The van der Waals surface area contributed by atoms with Crippen LogP contribution in [-0.2, 0) is 14.9 Å². The summed E-state index contributed by atoms with van der Waals surface area (Å²) >= 11 is 0. The van der Waals surface area contributed by atoms with Crippen LogP contribution in [0, 0.1) is 12.8 Å². The molecule has 4 heteroatoms. The lowest BCUT2D eigenvalue weighted by Gasteiger charge is -2.42. The van der Waals surface area contributed by atoms with Gasteiger partial charge in [0.25, 0.3) is 0 Å². The number of methoxy groups -OCH3 is 1. The van der Waals surface area contributed by atoms with E-state index in [0.717, 1.165) is 24.3 Å². The van der Waals surface area contributed by atoms with Crippen molar-refractivity contribution in [2.45, 2.75) is 51.6 Å². The Morgan fingerprint density at radius 2 is 1.86 bits per heavy atom. The Morgan fingerprint density at radius 3 is 2.46 bits per heavy atom. The zero-order valence-corrected chi connectivity index (χ0v) is 17.3. The van der Waals surface area contributed by atoms with Gasteiger partial charge in [-0.15, -0.1) is 0 Å². The van der Waals surface area contributed by atoms with Crippen molar-refractivity contribution in [2.24, 2.45) is 5.92 Å². The van der Waals surface area contributed by atoms with Crippen molar-refractivity contribution < 1.29 is 14.3 Å². The van der Waals surface area contributed by atoms with Crippen molar-refractivity contribution in [1.82, 2.24) is 0 Å². The first kappa shape index (κ1) is 20.4. The van der Waals surface area contributed by atoms with Gasteiger partial charge < -0.3 is 14.8 Å². The van der Waals surface area contributed by atoms with E-state index in [-0.39, 0.29) is 17.4 Å². The van der Waals surface area contributed by atoms with Crippen LogP contribution in [0.5, 0.6) is 5.75 Å². The van der Waals surface area contributed by atoms with Crippen molar-refractivity contribution in [3.8, 4) is 5.75 Å². The molecule has 150 valence electrons. The molecule has 1 saturated heterocycles. The summed E-state index contributed by atoms with van der Waals surface area (Å²) in [5.74, 6) is 1.24. The number of benzene rings is 2. The molecule has 1 fully saturated rings. The molecule has 0 aliphatic carbocycles. The largest absolute Gasteiger partial charge is 0.497 e. The van der Waals surface area contributed by atoms with Crippen molar-refractivity contribution in [2.75, 3.05) is 19.0 Å². The number of hydrogen-bond donors (Lipinski definition) is 1. The molecule has 2 aromatic rings. The molecule has 1 aliphatic rings. The molecule has 28 heavy (non-hydrogen) atoms. The average Bonchev–Trinajstić information content (AvgIpc) is 2.69. The number of aryl methyl sites for hydroxylation is 1. The van der Waals surface area contributed by atoms with Crippen molar-refractivity contribution in [1.29, 1.82) is 0 Å². The molecule has 1 heterocycles. The maximum atomic E-state index is 13.0. The normalized spacial score (nSPS) is 22.1. The zero-order chi connectivity index (χ0) is 20.1. The van der Waals surface area contributed by atoms with Crippen LogP contribution in [0.2, 0.25) is 0 Å². The molecule has 0 bridgehead atoms. The predicted octanol–water partition coefficient (Wildman–Crippen LogP) is 5.11. The minimum Gasteiger partial charge on any atom is -0.497 e. The second-order valence-electron chi connectivity index (χ2n) is 8.21. The fraction of sp³-hybridized carbons (Fsp3) is 0.458. The highest BCUT2D eigenvalue weighted by molar-refractivity contribution is 5.91. The molecular formula is C24H31NO3. The fourth-order valence-corrected chi connectivity index (χ4v) is 4.00. The Kier molecular flexibility index (Phi) is 6.40. The quantitative estimate of drug-likeness (QED) is 0.757. The van der Waals surface area contributed by atoms with Crippen LogP contribution >= 0.6 is 0 Å². The molecule has 2 atom stereocenters. The zero-order valence-electron chi connectivity index (χ0n) is 17.3. The van der Waals surface area contributed by atoms with Crippen molar-refractivity contribution in [3.63, 3.8) is 0 Å².